The van der Waals surface area contributed by atoms with E-state index in [9.17, 15) is 31.5 Å². The highest BCUT2D eigenvalue weighted by atomic mass is 19.4. The van der Waals surface area contributed by atoms with Crippen molar-refractivity contribution in [3.8, 4) is 11.1 Å². The summed E-state index contributed by atoms with van der Waals surface area (Å²) < 4.78 is 92.1. The Morgan fingerprint density at radius 3 is 2.35 bits per heavy atom. The fourth-order valence-corrected chi connectivity index (χ4v) is 4.50. The Morgan fingerprint density at radius 1 is 0.950 bits per heavy atom. The summed E-state index contributed by atoms with van der Waals surface area (Å²) in [6, 6.07) is 6.14. The number of alkyl halides is 3. The quantitative estimate of drug-likeness (QED) is 0.212. The maximum Gasteiger partial charge on any atom is 0.417 e. The number of nitrogens with zero attached hydrogens (tertiary/aromatic N) is 3. The second-order valence-corrected chi connectivity index (χ2v) is 8.86. The van der Waals surface area contributed by atoms with Crippen molar-refractivity contribution in [2.45, 2.75) is 6.18 Å². The van der Waals surface area contributed by atoms with Gasteiger partial charge >= 0.3 is 6.18 Å². The highest BCUT2D eigenvalue weighted by Gasteiger charge is 2.37. The second-order valence-electron chi connectivity index (χ2n) is 8.86. The predicted octanol–water partition coefficient (Wildman–Crippen LogP) is 4.90. The Balaban J connectivity index is 1.66. The minimum atomic E-state index is -5.13. The number of nitrogens with two attached hydrogens (primary N) is 1. The van der Waals surface area contributed by atoms with Crippen molar-refractivity contribution in [1.29, 1.82) is 0 Å². The Hall–Kier alpha value is -4.52. The summed E-state index contributed by atoms with van der Waals surface area (Å²) in [5, 5.41) is 0. The van der Waals surface area contributed by atoms with Crippen LogP contribution >= 0.6 is 0 Å². The van der Waals surface area contributed by atoms with Gasteiger partial charge in [-0.2, -0.15) is 13.2 Å². The number of benzene rings is 3. The molecule has 2 heterocycles. The maximum atomic E-state index is 15.8. The van der Waals surface area contributed by atoms with E-state index >= 15 is 4.39 Å². The molecule has 0 spiro atoms. The van der Waals surface area contributed by atoms with E-state index < -0.39 is 63.1 Å². The van der Waals surface area contributed by atoms with Gasteiger partial charge in [0.05, 0.1) is 41.6 Å². The third kappa shape index (κ3) is 4.83. The van der Waals surface area contributed by atoms with Crippen molar-refractivity contribution in [2.24, 2.45) is 5.73 Å². The van der Waals surface area contributed by atoms with Crippen molar-refractivity contribution in [3.63, 3.8) is 0 Å². The van der Waals surface area contributed by atoms with Crippen molar-refractivity contribution >= 4 is 28.5 Å². The smallest absolute Gasteiger partial charge is 0.378 e. The summed E-state index contributed by atoms with van der Waals surface area (Å²) in [6.45, 7) is 2.00. The fraction of sp³-hybridized carbons (Fsp3) is 0.185. The first-order chi connectivity index (χ1) is 19.0. The summed E-state index contributed by atoms with van der Waals surface area (Å²) in [4.78, 5) is 35.9. The SMILES string of the molecule is NC(=O)c1cccc(C(F)(F)F)c1-c1cc(F)c(F)c(C(=O)c2ccc3ncc(N4CCOCC4)nc3c2)c1F. The molecule has 1 fully saturated rings. The lowest BCUT2D eigenvalue weighted by molar-refractivity contribution is -0.137. The van der Waals surface area contributed by atoms with Gasteiger partial charge in [-0.1, -0.05) is 6.07 Å². The van der Waals surface area contributed by atoms with Crippen LogP contribution in [0.5, 0.6) is 0 Å². The van der Waals surface area contributed by atoms with Gasteiger partial charge in [0.2, 0.25) is 5.91 Å². The monoisotopic (exact) mass is 560 g/mol. The molecule has 1 aliphatic rings. The number of ether oxygens (including phenoxy) is 1. The van der Waals surface area contributed by atoms with Crippen LogP contribution in [-0.4, -0.2) is 48.0 Å². The molecule has 0 saturated carbocycles. The molecule has 0 unspecified atom stereocenters. The number of carbonyl (C=O) groups is 2. The molecule has 1 saturated heterocycles. The lowest BCUT2D eigenvalue weighted by atomic mass is 9.90. The Labute approximate surface area is 222 Å². The third-order valence-corrected chi connectivity index (χ3v) is 6.41. The zero-order chi connectivity index (χ0) is 28.8. The molecule has 3 aromatic carbocycles. The molecule has 0 radical (unpaired) electrons. The van der Waals surface area contributed by atoms with Crippen LogP contribution in [0, 0.1) is 17.5 Å². The molecule has 7 nitrogen and oxygen atoms in total. The number of hydrogen-bond acceptors (Lipinski definition) is 6. The molecule has 206 valence electrons. The van der Waals surface area contributed by atoms with Crippen molar-refractivity contribution < 1.29 is 40.7 Å². The number of ketones is 1. The van der Waals surface area contributed by atoms with E-state index in [0.717, 1.165) is 12.1 Å². The second kappa shape index (κ2) is 10.2. The number of aromatic nitrogens is 2. The molecular weight excluding hydrogens is 542 g/mol. The molecule has 0 bridgehead atoms. The molecule has 1 aliphatic heterocycles. The molecule has 0 atom stereocenters. The standard InChI is InChI=1S/C27H18F6N4O3/c28-17-11-15(21-14(26(34)39)2-1-3-16(21)27(31,32)33)23(29)22(24(17)30)25(38)13-4-5-18-19(10-13)36-20(12-35-18)37-6-8-40-9-7-37/h1-5,10-12H,6-9H2,(H2,34,39). The summed E-state index contributed by atoms with van der Waals surface area (Å²) >= 11 is 0. The first-order valence-electron chi connectivity index (χ1n) is 11.8. The van der Waals surface area contributed by atoms with Crippen molar-refractivity contribution in [3.05, 3.63) is 88.4 Å². The van der Waals surface area contributed by atoms with Crippen LogP contribution in [0.3, 0.4) is 0 Å². The van der Waals surface area contributed by atoms with Gasteiger partial charge in [-0.3, -0.25) is 14.6 Å². The number of rotatable bonds is 5. The van der Waals surface area contributed by atoms with Gasteiger partial charge in [0.15, 0.2) is 17.4 Å². The van der Waals surface area contributed by atoms with E-state index in [-0.39, 0.29) is 17.1 Å². The van der Waals surface area contributed by atoms with Crippen LogP contribution in [0.25, 0.3) is 22.2 Å². The first-order valence-corrected chi connectivity index (χ1v) is 11.8. The normalized spacial score (nSPS) is 14.0. The van der Waals surface area contributed by atoms with Crippen molar-refractivity contribution in [1.82, 2.24) is 9.97 Å². The minimum absolute atomic E-state index is 0.152. The number of primary amides is 1. The van der Waals surface area contributed by atoms with E-state index in [1.807, 2.05) is 4.90 Å². The number of morpholine rings is 1. The fourth-order valence-electron chi connectivity index (χ4n) is 4.50. The minimum Gasteiger partial charge on any atom is -0.378 e. The van der Waals surface area contributed by atoms with E-state index in [0.29, 0.717) is 43.7 Å². The Bertz CT molecular complexity index is 1670. The summed E-state index contributed by atoms with van der Waals surface area (Å²) in [5.74, 6) is -7.78. The van der Waals surface area contributed by atoms with Crippen molar-refractivity contribution in [2.75, 3.05) is 31.2 Å². The molecule has 1 aromatic heterocycles. The van der Waals surface area contributed by atoms with Gasteiger partial charge in [0.25, 0.3) is 0 Å². The zero-order valence-electron chi connectivity index (χ0n) is 20.4. The molecule has 5 rings (SSSR count). The molecule has 4 aromatic rings. The Kier molecular flexibility index (Phi) is 6.92. The number of anilines is 1. The summed E-state index contributed by atoms with van der Waals surface area (Å²) in [5.41, 5.74) is -0.626. The molecule has 13 heteroatoms. The predicted molar refractivity (Wildman–Crippen MR) is 131 cm³/mol. The molecular formula is C27H18F6N4O3. The van der Waals surface area contributed by atoms with Gasteiger partial charge in [0.1, 0.15) is 11.6 Å². The summed E-state index contributed by atoms with van der Waals surface area (Å²) in [7, 11) is 0. The highest BCUT2D eigenvalue weighted by molar-refractivity contribution is 6.11. The number of halogens is 6. The average molecular weight is 560 g/mol. The molecule has 40 heavy (non-hydrogen) atoms. The van der Waals surface area contributed by atoms with Gasteiger partial charge in [-0.05, 0) is 36.4 Å². The number of hydrogen-bond donors (Lipinski definition) is 1. The molecule has 1 amide bonds. The summed E-state index contributed by atoms with van der Waals surface area (Å²) in [6.07, 6.45) is -3.61. The van der Waals surface area contributed by atoms with Crippen LogP contribution in [-0.2, 0) is 10.9 Å². The van der Waals surface area contributed by atoms with Crippen LogP contribution in [0.4, 0.5) is 32.2 Å². The van der Waals surface area contributed by atoms with Gasteiger partial charge < -0.3 is 15.4 Å². The number of amides is 1. The Morgan fingerprint density at radius 2 is 1.68 bits per heavy atom. The highest BCUT2D eigenvalue weighted by Crippen LogP contribution is 2.41. The van der Waals surface area contributed by atoms with E-state index in [1.54, 1.807) is 0 Å². The van der Waals surface area contributed by atoms with Gasteiger partial charge in [0, 0.05) is 35.3 Å². The average Bonchev–Trinajstić information content (AvgIpc) is 2.94. The molecule has 0 aliphatic carbocycles. The maximum absolute atomic E-state index is 15.8. The van der Waals surface area contributed by atoms with Crippen LogP contribution in [0.1, 0.15) is 31.8 Å². The van der Waals surface area contributed by atoms with E-state index in [2.05, 4.69) is 9.97 Å². The number of fused-ring (bicyclic) bond motifs is 1. The van der Waals surface area contributed by atoms with Crippen LogP contribution in [0.15, 0.2) is 48.7 Å². The van der Waals surface area contributed by atoms with Crippen LogP contribution < -0.4 is 10.6 Å². The third-order valence-electron chi connectivity index (χ3n) is 6.41. The van der Waals surface area contributed by atoms with Gasteiger partial charge in [-0.25, -0.2) is 18.2 Å². The largest absolute Gasteiger partial charge is 0.417 e. The van der Waals surface area contributed by atoms with Gasteiger partial charge in [-0.15, -0.1) is 0 Å². The van der Waals surface area contributed by atoms with E-state index in [1.165, 1.54) is 24.4 Å². The topological polar surface area (TPSA) is 98.4 Å². The lowest BCUT2D eigenvalue weighted by Crippen LogP contribution is -2.36. The zero-order valence-corrected chi connectivity index (χ0v) is 20.4. The molecule has 2 N–H and O–H groups in total. The lowest BCUT2D eigenvalue weighted by Gasteiger charge is -2.27. The first kappa shape index (κ1) is 27.1. The van der Waals surface area contributed by atoms with Crippen LogP contribution in [0.2, 0.25) is 0 Å². The van der Waals surface area contributed by atoms with E-state index in [4.69, 9.17) is 10.5 Å². The number of carbonyl (C=O) groups excluding carboxylic acids is 2.